The van der Waals surface area contributed by atoms with Gasteiger partial charge in [0.25, 0.3) is 0 Å². The maximum Gasteiger partial charge on any atom is 0.171 e. The van der Waals surface area contributed by atoms with Crippen molar-refractivity contribution in [2.45, 2.75) is 13.0 Å². The van der Waals surface area contributed by atoms with E-state index in [0.29, 0.717) is 5.11 Å². The van der Waals surface area contributed by atoms with Gasteiger partial charge in [0.15, 0.2) is 10.9 Å². The SMILES string of the molecule is CN(C)CCCNC(=S)Nc1ccn(Cc2ccccc2)n1. The fourth-order valence-electron chi connectivity index (χ4n) is 2.04. The molecular formula is C16H23N5S. The van der Waals surface area contributed by atoms with Gasteiger partial charge in [-0.2, -0.15) is 5.10 Å². The van der Waals surface area contributed by atoms with Gasteiger partial charge in [0.05, 0.1) is 6.54 Å². The van der Waals surface area contributed by atoms with Crippen molar-refractivity contribution < 1.29 is 0 Å². The molecule has 6 heteroatoms. The Morgan fingerprint density at radius 2 is 2.00 bits per heavy atom. The molecule has 0 aliphatic carbocycles. The van der Waals surface area contributed by atoms with Crippen molar-refractivity contribution in [1.29, 1.82) is 0 Å². The predicted octanol–water partition coefficient (Wildman–Crippen LogP) is 2.17. The van der Waals surface area contributed by atoms with Crippen LogP contribution in [0.5, 0.6) is 0 Å². The zero-order valence-corrected chi connectivity index (χ0v) is 13.9. The second-order valence-electron chi connectivity index (χ2n) is 5.42. The van der Waals surface area contributed by atoms with E-state index in [-0.39, 0.29) is 0 Å². The van der Waals surface area contributed by atoms with E-state index in [9.17, 15) is 0 Å². The highest BCUT2D eigenvalue weighted by molar-refractivity contribution is 7.80. The third kappa shape index (κ3) is 5.83. The van der Waals surface area contributed by atoms with Gasteiger partial charge in [-0.15, -0.1) is 0 Å². The van der Waals surface area contributed by atoms with Crippen LogP contribution in [0, 0.1) is 0 Å². The third-order valence-electron chi connectivity index (χ3n) is 3.14. The van der Waals surface area contributed by atoms with Crippen LogP contribution in [-0.2, 0) is 6.54 Å². The van der Waals surface area contributed by atoms with Crippen LogP contribution in [0.1, 0.15) is 12.0 Å². The molecule has 2 aromatic rings. The summed E-state index contributed by atoms with van der Waals surface area (Å²) in [4.78, 5) is 2.16. The van der Waals surface area contributed by atoms with Crippen LogP contribution in [0.25, 0.3) is 0 Å². The maximum absolute atomic E-state index is 5.27. The number of nitrogens with zero attached hydrogens (tertiary/aromatic N) is 3. The van der Waals surface area contributed by atoms with Gasteiger partial charge in [0.1, 0.15) is 0 Å². The van der Waals surface area contributed by atoms with Crippen LogP contribution in [0.2, 0.25) is 0 Å². The Bertz CT molecular complexity index is 579. The van der Waals surface area contributed by atoms with Crippen LogP contribution < -0.4 is 10.6 Å². The van der Waals surface area contributed by atoms with E-state index < -0.39 is 0 Å². The van der Waals surface area contributed by atoms with Gasteiger partial charge in [-0.25, -0.2) is 0 Å². The Morgan fingerprint density at radius 1 is 1.23 bits per heavy atom. The first kappa shape index (κ1) is 16.5. The Morgan fingerprint density at radius 3 is 2.73 bits per heavy atom. The summed E-state index contributed by atoms with van der Waals surface area (Å²) in [6.45, 7) is 2.65. The first-order valence-corrected chi connectivity index (χ1v) is 7.81. The number of aromatic nitrogens is 2. The molecule has 0 fully saturated rings. The molecule has 2 N–H and O–H groups in total. The fourth-order valence-corrected chi connectivity index (χ4v) is 2.25. The highest BCUT2D eigenvalue weighted by Gasteiger charge is 2.02. The Labute approximate surface area is 137 Å². The van der Waals surface area contributed by atoms with E-state index in [1.807, 2.05) is 35.1 Å². The first-order valence-electron chi connectivity index (χ1n) is 7.40. The van der Waals surface area contributed by atoms with Gasteiger partial charge in [-0.05, 0) is 44.8 Å². The van der Waals surface area contributed by atoms with Crippen molar-refractivity contribution in [2.24, 2.45) is 0 Å². The smallest absolute Gasteiger partial charge is 0.171 e. The minimum atomic E-state index is 0.615. The van der Waals surface area contributed by atoms with Crippen molar-refractivity contribution in [3.05, 3.63) is 48.2 Å². The van der Waals surface area contributed by atoms with E-state index in [1.165, 1.54) is 5.56 Å². The maximum atomic E-state index is 5.27. The molecule has 0 aliphatic rings. The number of hydrogen-bond donors (Lipinski definition) is 2. The monoisotopic (exact) mass is 317 g/mol. The largest absolute Gasteiger partial charge is 0.362 e. The molecule has 5 nitrogen and oxygen atoms in total. The lowest BCUT2D eigenvalue weighted by atomic mass is 10.2. The molecular weight excluding hydrogens is 294 g/mol. The van der Waals surface area contributed by atoms with Gasteiger partial charge >= 0.3 is 0 Å². The standard InChI is InChI=1S/C16H23N5S/c1-20(2)11-6-10-17-16(22)18-15-9-12-21(19-15)13-14-7-4-3-5-8-14/h3-5,7-9,12H,6,10-11,13H2,1-2H3,(H2,17,18,19,22). The van der Waals surface area contributed by atoms with Crippen LogP contribution in [0.15, 0.2) is 42.6 Å². The normalized spacial score (nSPS) is 10.7. The van der Waals surface area contributed by atoms with E-state index in [0.717, 1.165) is 31.9 Å². The number of thiocarbonyl (C=S) groups is 1. The number of rotatable bonds is 7. The number of benzene rings is 1. The van der Waals surface area contributed by atoms with E-state index >= 15 is 0 Å². The summed E-state index contributed by atoms with van der Waals surface area (Å²) in [5.41, 5.74) is 1.22. The number of anilines is 1. The second kappa shape index (κ2) is 8.51. The fraction of sp³-hybridized carbons (Fsp3) is 0.375. The minimum Gasteiger partial charge on any atom is -0.362 e. The summed E-state index contributed by atoms with van der Waals surface area (Å²) >= 11 is 5.27. The molecule has 1 heterocycles. The molecule has 0 spiro atoms. The van der Waals surface area contributed by atoms with Gasteiger partial charge in [-0.3, -0.25) is 4.68 Å². The molecule has 0 bridgehead atoms. The lowest BCUT2D eigenvalue weighted by Crippen LogP contribution is -2.31. The summed E-state index contributed by atoms with van der Waals surface area (Å²) in [6, 6.07) is 12.2. The first-order chi connectivity index (χ1) is 10.6. The molecule has 22 heavy (non-hydrogen) atoms. The molecule has 0 amide bonds. The zero-order chi connectivity index (χ0) is 15.8. The molecule has 0 saturated heterocycles. The van der Waals surface area contributed by atoms with Gasteiger partial charge < -0.3 is 15.5 Å². The minimum absolute atomic E-state index is 0.615. The van der Waals surface area contributed by atoms with E-state index in [2.05, 4.69) is 46.9 Å². The van der Waals surface area contributed by atoms with E-state index in [4.69, 9.17) is 12.2 Å². The molecule has 118 valence electrons. The lowest BCUT2D eigenvalue weighted by Gasteiger charge is -2.11. The summed E-state index contributed by atoms with van der Waals surface area (Å²) in [7, 11) is 4.13. The van der Waals surface area contributed by atoms with Crippen molar-refractivity contribution in [3.8, 4) is 0 Å². The summed E-state index contributed by atoms with van der Waals surface area (Å²) in [5, 5.41) is 11.4. The van der Waals surface area contributed by atoms with Gasteiger partial charge in [0, 0.05) is 18.8 Å². The average molecular weight is 317 g/mol. The molecule has 1 aromatic heterocycles. The summed E-state index contributed by atoms with van der Waals surface area (Å²) in [6.07, 6.45) is 3.00. The highest BCUT2D eigenvalue weighted by Crippen LogP contribution is 2.06. The average Bonchev–Trinajstić information content (AvgIpc) is 2.91. The van der Waals surface area contributed by atoms with Crippen molar-refractivity contribution in [2.75, 3.05) is 32.5 Å². The number of hydrogen-bond acceptors (Lipinski definition) is 3. The van der Waals surface area contributed by atoms with E-state index in [1.54, 1.807) is 0 Å². The molecule has 2 rings (SSSR count). The molecule has 0 unspecified atom stereocenters. The Hall–Kier alpha value is -1.92. The van der Waals surface area contributed by atoms with Crippen molar-refractivity contribution >= 4 is 23.1 Å². The molecule has 1 aromatic carbocycles. The van der Waals surface area contributed by atoms with Crippen LogP contribution >= 0.6 is 12.2 Å². The Balaban J connectivity index is 1.75. The van der Waals surface area contributed by atoms with Crippen LogP contribution in [-0.4, -0.2) is 47.0 Å². The quantitative estimate of drug-likeness (QED) is 0.605. The topological polar surface area (TPSA) is 45.1 Å². The van der Waals surface area contributed by atoms with Gasteiger partial charge in [-0.1, -0.05) is 30.3 Å². The number of nitrogens with one attached hydrogen (secondary N) is 2. The summed E-state index contributed by atoms with van der Waals surface area (Å²) < 4.78 is 1.90. The lowest BCUT2D eigenvalue weighted by molar-refractivity contribution is 0.400. The van der Waals surface area contributed by atoms with Crippen LogP contribution in [0.3, 0.4) is 0 Å². The molecule has 0 saturated carbocycles. The second-order valence-corrected chi connectivity index (χ2v) is 5.83. The van der Waals surface area contributed by atoms with Crippen molar-refractivity contribution in [1.82, 2.24) is 20.0 Å². The molecule has 0 radical (unpaired) electrons. The molecule has 0 aliphatic heterocycles. The molecule has 0 atom stereocenters. The zero-order valence-electron chi connectivity index (χ0n) is 13.1. The third-order valence-corrected chi connectivity index (χ3v) is 3.38. The predicted molar refractivity (Wildman–Crippen MR) is 95.2 cm³/mol. The summed E-state index contributed by atoms with van der Waals surface area (Å²) in [5.74, 6) is 0.765. The highest BCUT2D eigenvalue weighted by atomic mass is 32.1. The van der Waals surface area contributed by atoms with Gasteiger partial charge in [0.2, 0.25) is 0 Å². The van der Waals surface area contributed by atoms with Crippen LogP contribution in [0.4, 0.5) is 5.82 Å². The van der Waals surface area contributed by atoms with Crippen molar-refractivity contribution in [3.63, 3.8) is 0 Å². The Kier molecular flexibility index (Phi) is 6.36.